The van der Waals surface area contributed by atoms with Crippen molar-refractivity contribution in [2.75, 3.05) is 11.4 Å². The molecule has 6 heteroatoms. The fourth-order valence-corrected chi connectivity index (χ4v) is 0.772. The smallest absolute Gasteiger partial charge is 0.321 e. The molecule has 0 aliphatic rings. The highest BCUT2D eigenvalue weighted by Gasteiger charge is 2.12. The van der Waals surface area contributed by atoms with E-state index in [0.29, 0.717) is 0 Å². The van der Waals surface area contributed by atoms with E-state index in [2.05, 4.69) is 21.5 Å². The van der Waals surface area contributed by atoms with Crippen molar-refractivity contribution in [2.24, 2.45) is 5.73 Å². The lowest BCUT2D eigenvalue weighted by molar-refractivity contribution is 0.254. The number of rotatable bonds is 3. The van der Waals surface area contributed by atoms with Crippen LogP contribution in [-0.2, 0) is 0 Å². The molecule has 0 spiro atoms. The van der Waals surface area contributed by atoms with Gasteiger partial charge in [-0.3, -0.25) is 4.90 Å². The van der Waals surface area contributed by atoms with Gasteiger partial charge < -0.3 is 5.73 Å². The topological polar surface area (TPSA) is 85.0 Å². The van der Waals surface area contributed by atoms with E-state index in [4.69, 9.17) is 5.73 Å². The minimum absolute atomic E-state index is 0.224. The molecule has 0 aromatic carbocycles. The fraction of sp³-hybridized carbons (Fsp3) is 0.143. The average Bonchev–Trinajstić information content (AvgIpc) is 2.15. The predicted molar refractivity (Wildman–Crippen MR) is 47.0 cm³/mol. The average molecular weight is 179 g/mol. The molecule has 0 saturated carbocycles. The predicted octanol–water partition coefficient (Wildman–Crippen LogP) is -0.0573. The van der Waals surface area contributed by atoms with Gasteiger partial charge in [-0.05, 0) is 0 Å². The molecule has 0 unspecified atom stereocenters. The summed E-state index contributed by atoms with van der Waals surface area (Å²) in [6, 6.07) is -0.619. The molecule has 1 aromatic heterocycles. The van der Waals surface area contributed by atoms with Crippen LogP contribution in [0.25, 0.3) is 0 Å². The number of hydrogen-bond acceptors (Lipinski definition) is 4. The Morgan fingerprint density at radius 1 is 1.62 bits per heavy atom. The van der Waals surface area contributed by atoms with Gasteiger partial charge in [0.15, 0.2) is 0 Å². The Labute approximate surface area is 75.1 Å². The Morgan fingerprint density at radius 2 is 2.23 bits per heavy atom. The van der Waals surface area contributed by atoms with Crippen LogP contribution < -0.4 is 10.6 Å². The first-order valence-electron chi connectivity index (χ1n) is 3.55. The molecule has 0 radical (unpaired) electrons. The van der Waals surface area contributed by atoms with E-state index in [1.165, 1.54) is 23.6 Å². The number of aromatic nitrogens is 3. The summed E-state index contributed by atoms with van der Waals surface area (Å²) >= 11 is 0. The van der Waals surface area contributed by atoms with Crippen LogP contribution in [0.2, 0.25) is 0 Å². The highest BCUT2D eigenvalue weighted by Crippen LogP contribution is 2.02. The molecule has 0 aliphatic heterocycles. The zero-order valence-corrected chi connectivity index (χ0v) is 6.92. The summed E-state index contributed by atoms with van der Waals surface area (Å²) in [7, 11) is 0. The van der Waals surface area contributed by atoms with Crippen molar-refractivity contribution >= 4 is 12.0 Å². The van der Waals surface area contributed by atoms with Gasteiger partial charge in [-0.25, -0.2) is 19.7 Å². The van der Waals surface area contributed by atoms with Crippen LogP contribution >= 0.6 is 0 Å². The van der Waals surface area contributed by atoms with E-state index < -0.39 is 6.03 Å². The Hall–Kier alpha value is -1.98. The second kappa shape index (κ2) is 4.15. The van der Waals surface area contributed by atoms with Gasteiger partial charge >= 0.3 is 6.03 Å². The van der Waals surface area contributed by atoms with E-state index in [0.717, 1.165) is 0 Å². The molecule has 1 aromatic rings. The molecule has 68 valence electrons. The second-order valence-corrected chi connectivity index (χ2v) is 2.18. The molecule has 2 amide bonds. The third kappa shape index (κ3) is 2.22. The van der Waals surface area contributed by atoms with Crippen molar-refractivity contribution in [3.05, 3.63) is 25.3 Å². The van der Waals surface area contributed by atoms with Crippen LogP contribution in [0.1, 0.15) is 0 Å². The quantitative estimate of drug-likeness (QED) is 0.659. The van der Waals surface area contributed by atoms with Crippen molar-refractivity contribution in [1.29, 1.82) is 0 Å². The summed E-state index contributed by atoms with van der Waals surface area (Å²) in [5.74, 6) is 0.224. The first-order valence-corrected chi connectivity index (χ1v) is 3.55. The van der Waals surface area contributed by atoms with Gasteiger partial charge in [0.2, 0.25) is 5.95 Å². The van der Waals surface area contributed by atoms with Crippen LogP contribution in [0.5, 0.6) is 0 Å². The molecular weight excluding hydrogens is 170 g/mol. The number of carbonyl (C=O) groups is 1. The largest absolute Gasteiger partial charge is 0.351 e. The first-order chi connectivity index (χ1) is 6.25. The van der Waals surface area contributed by atoms with Crippen LogP contribution in [0.15, 0.2) is 25.3 Å². The van der Waals surface area contributed by atoms with Gasteiger partial charge in [0, 0.05) is 6.54 Å². The maximum atomic E-state index is 10.9. The molecular formula is C7H9N5O. The van der Waals surface area contributed by atoms with Gasteiger partial charge in [-0.15, -0.1) is 6.58 Å². The minimum Gasteiger partial charge on any atom is -0.351 e. The number of primary amides is 1. The molecule has 1 heterocycles. The number of nitrogens with two attached hydrogens (primary N) is 1. The highest BCUT2D eigenvalue weighted by molar-refractivity contribution is 5.88. The van der Waals surface area contributed by atoms with E-state index in [1.807, 2.05) is 0 Å². The van der Waals surface area contributed by atoms with E-state index in [1.54, 1.807) is 0 Å². The molecule has 0 fully saturated rings. The lowest BCUT2D eigenvalue weighted by Crippen LogP contribution is -2.37. The zero-order chi connectivity index (χ0) is 9.68. The highest BCUT2D eigenvalue weighted by atomic mass is 16.2. The van der Waals surface area contributed by atoms with E-state index >= 15 is 0 Å². The van der Waals surface area contributed by atoms with Crippen LogP contribution in [0.3, 0.4) is 0 Å². The molecule has 0 saturated heterocycles. The Morgan fingerprint density at radius 3 is 2.69 bits per heavy atom. The molecule has 6 nitrogen and oxygen atoms in total. The maximum absolute atomic E-state index is 10.9. The first kappa shape index (κ1) is 9.11. The summed E-state index contributed by atoms with van der Waals surface area (Å²) in [5.41, 5.74) is 5.09. The third-order valence-corrected chi connectivity index (χ3v) is 1.30. The summed E-state index contributed by atoms with van der Waals surface area (Å²) in [5, 5.41) is 0. The SMILES string of the molecule is C=CCN(C(N)=O)c1ncncn1. The van der Waals surface area contributed by atoms with Crippen LogP contribution in [0, 0.1) is 0 Å². The Bertz CT molecular complexity index is 299. The molecule has 1 rings (SSSR count). The van der Waals surface area contributed by atoms with Gasteiger partial charge in [0.1, 0.15) is 12.7 Å². The lowest BCUT2D eigenvalue weighted by atomic mass is 10.5. The molecule has 0 bridgehead atoms. The molecule has 13 heavy (non-hydrogen) atoms. The lowest BCUT2D eigenvalue weighted by Gasteiger charge is -2.14. The minimum atomic E-state index is -0.619. The fourth-order valence-electron chi connectivity index (χ4n) is 0.772. The van der Waals surface area contributed by atoms with Crippen molar-refractivity contribution < 1.29 is 4.79 Å². The van der Waals surface area contributed by atoms with Crippen LogP contribution in [-0.4, -0.2) is 27.5 Å². The van der Waals surface area contributed by atoms with Crippen molar-refractivity contribution in [3.8, 4) is 0 Å². The summed E-state index contributed by atoms with van der Waals surface area (Å²) < 4.78 is 0. The normalized spacial score (nSPS) is 9.23. The zero-order valence-electron chi connectivity index (χ0n) is 6.92. The summed E-state index contributed by atoms with van der Waals surface area (Å²) in [6.07, 6.45) is 4.12. The maximum Gasteiger partial charge on any atom is 0.321 e. The van der Waals surface area contributed by atoms with Crippen molar-refractivity contribution in [2.45, 2.75) is 0 Å². The van der Waals surface area contributed by atoms with E-state index in [-0.39, 0.29) is 12.5 Å². The molecule has 0 atom stereocenters. The number of hydrogen-bond donors (Lipinski definition) is 1. The van der Waals surface area contributed by atoms with Crippen molar-refractivity contribution in [1.82, 2.24) is 15.0 Å². The number of carbonyl (C=O) groups excluding carboxylic acids is 1. The van der Waals surface area contributed by atoms with Gasteiger partial charge in [0.05, 0.1) is 0 Å². The Kier molecular flexibility index (Phi) is 2.91. The van der Waals surface area contributed by atoms with Gasteiger partial charge in [-0.2, -0.15) is 0 Å². The number of nitrogens with zero attached hydrogens (tertiary/aromatic N) is 4. The summed E-state index contributed by atoms with van der Waals surface area (Å²) in [6.45, 7) is 3.76. The monoisotopic (exact) mass is 179 g/mol. The third-order valence-electron chi connectivity index (χ3n) is 1.30. The Balaban J connectivity index is 2.88. The second-order valence-electron chi connectivity index (χ2n) is 2.18. The van der Waals surface area contributed by atoms with Gasteiger partial charge in [-0.1, -0.05) is 6.08 Å². The van der Waals surface area contributed by atoms with Gasteiger partial charge in [0.25, 0.3) is 0 Å². The van der Waals surface area contributed by atoms with Crippen molar-refractivity contribution in [3.63, 3.8) is 0 Å². The molecule has 0 aliphatic carbocycles. The number of anilines is 1. The number of amides is 2. The molecule has 2 N–H and O–H groups in total. The summed E-state index contributed by atoms with van der Waals surface area (Å²) in [4.78, 5) is 23.2. The number of urea groups is 1. The standard InChI is InChI=1S/C7H9N5O/c1-2-3-12(6(8)13)7-10-4-9-5-11-7/h2,4-5H,1,3H2,(H2,8,13). The van der Waals surface area contributed by atoms with E-state index in [9.17, 15) is 4.79 Å². The van der Waals surface area contributed by atoms with Crippen LogP contribution in [0.4, 0.5) is 10.7 Å².